The maximum absolute atomic E-state index is 11.8. The van der Waals surface area contributed by atoms with Crippen LogP contribution in [0.5, 0.6) is 5.75 Å². The van der Waals surface area contributed by atoms with Crippen molar-refractivity contribution in [2.75, 3.05) is 18.8 Å². The Kier molecular flexibility index (Phi) is 3.55. The van der Waals surface area contributed by atoms with Crippen LogP contribution in [0.2, 0.25) is 0 Å². The summed E-state index contributed by atoms with van der Waals surface area (Å²) in [6, 6.07) is 6.56. The first-order valence-electron chi connectivity index (χ1n) is 6.22. The molecule has 0 spiro atoms. The normalized spacial score (nSPS) is 14.1. The number of nitrogens with zero attached hydrogens (tertiary/aromatic N) is 5. The Hall–Kier alpha value is -2.09. The van der Waals surface area contributed by atoms with E-state index in [1.54, 1.807) is 28.9 Å². The Morgan fingerprint density at radius 2 is 2.05 bits per heavy atom. The number of hydrogen-bond donors (Lipinski definition) is 1. The van der Waals surface area contributed by atoms with Crippen molar-refractivity contribution in [3.05, 3.63) is 24.3 Å². The van der Waals surface area contributed by atoms with Gasteiger partial charge in [0.1, 0.15) is 5.75 Å². The summed E-state index contributed by atoms with van der Waals surface area (Å²) in [5, 5.41) is 21.3. The molecule has 1 aliphatic heterocycles. The molecule has 8 heteroatoms. The summed E-state index contributed by atoms with van der Waals surface area (Å²) in [6.45, 7) is 1.70. The second-order valence-electron chi connectivity index (χ2n) is 4.41. The molecule has 1 fully saturated rings. The molecule has 1 aromatic heterocycles. The van der Waals surface area contributed by atoms with Gasteiger partial charge in [-0.25, -0.2) is 0 Å². The molecule has 0 aliphatic carbocycles. The average molecular weight is 291 g/mol. The molecule has 0 atom stereocenters. The van der Waals surface area contributed by atoms with Crippen molar-refractivity contribution < 1.29 is 9.90 Å². The lowest BCUT2D eigenvalue weighted by atomic mass is 10.2. The van der Waals surface area contributed by atoms with E-state index >= 15 is 0 Å². The molecule has 0 bridgehead atoms. The van der Waals surface area contributed by atoms with Gasteiger partial charge in [0, 0.05) is 13.1 Å². The van der Waals surface area contributed by atoms with Gasteiger partial charge in [0.15, 0.2) is 0 Å². The number of likely N-dealkylation sites (tertiary alicyclic amines) is 1. The smallest absolute Gasteiger partial charge is 0.233 e. The number of phenolic OH excluding ortho intramolecular Hbond substituents is 1. The van der Waals surface area contributed by atoms with E-state index in [1.807, 2.05) is 4.90 Å². The SMILES string of the molecule is O=C(CSc1nnnn1-c1ccc(O)cc1)N1CCC1. The van der Waals surface area contributed by atoms with E-state index in [0.29, 0.717) is 10.9 Å². The zero-order valence-corrected chi connectivity index (χ0v) is 11.5. The summed E-state index contributed by atoms with van der Waals surface area (Å²) < 4.78 is 1.55. The highest BCUT2D eigenvalue weighted by Crippen LogP contribution is 2.20. The maximum atomic E-state index is 11.8. The van der Waals surface area contributed by atoms with Gasteiger partial charge in [0.05, 0.1) is 11.4 Å². The van der Waals surface area contributed by atoms with Gasteiger partial charge >= 0.3 is 0 Å². The fourth-order valence-corrected chi connectivity index (χ4v) is 2.60. The standard InChI is InChI=1S/C12H13N5O2S/c18-10-4-2-9(3-5-10)17-12(13-14-15-17)20-8-11(19)16-6-1-7-16/h2-5,18H,1,6-8H2. The number of phenols is 1. The Morgan fingerprint density at radius 3 is 2.70 bits per heavy atom. The molecule has 0 unspecified atom stereocenters. The largest absolute Gasteiger partial charge is 0.508 e. The van der Waals surface area contributed by atoms with E-state index in [2.05, 4.69) is 15.5 Å². The van der Waals surface area contributed by atoms with Gasteiger partial charge in [-0.1, -0.05) is 11.8 Å². The van der Waals surface area contributed by atoms with Crippen LogP contribution >= 0.6 is 11.8 Å². The minimum Gasteiger partial charge on any atom is -0.508 e. The molecule has 1 aromatic carbocycles. The Bertz CT molecular complexity index is 609. The number of aromatic nitrogens is 4. The number of amides is 1. The van der Waals surface area contributed by atoms with Gasteiger partial charge in [-0.2, -0.15) is 4.68 Å². The lowest BCUT2D eigenvalue weighted by Crippen LogP contribution is -2.43. The van der Waals surface area contributed by atoms with Crippen molar-refractivity contribution in [3.8, 4) is 11.4 Å². The quantitative estimate of drug-likeness (QED) is 0.834. The molecule has 20 heavy (non-hydrogen) atoms. The Balaban J connectivity index is 1.70. The average Bonchev–Trinajstić information content (AvgIpc) is 2.83. The van der Waals surface area contributed by atoms with Crippen molar-refractivity contribution in [2.45, 2.75) is 11.6 Å². The van der Waals surface area contributed by atoms with Gasteiger partial charge in [-0.3, -0.25) is 4.79 Å². The van der Waals surface area contributed by atoms with Gasteiger partial charge in [-0.05, 0) is 41.1 Å². The number of carbonyl (C=O) groups excluding carboxylic acids is 1. The molecule has 0 saturated carbocycles. The first kappa shape index (κ1) is 12.9. The highest BCUT2D eigenvalue weighted by molar-refractivity contribution is 7.99. The van der Waals surface area contributed by atoms with Crippen LogP contribution in [0.3, 0.4) is 0 Å². The van der Waals surface area contributed by atoms with E-state index in [0.717, 1.165) is 25.2 Å². The Labute approximate surface area is 119 Å². The molecule has 3 rings (SSSR count). The zero-order chi connectivity index (χ0) is 13.9. The highest BCUT2D eigenvalue weighted by atomic mass is 32.2. The van der Waals surface area contributed by atoms with Crippen molar-refractivity contribution in [2.24, 2.45) is 0 Å². The number of rotatable bonds is 4. The van der Waals surface area contributed by atoms with Crippen LogP contribution in [0.15, 0.2) is 29.4 Å². The van der Waals surface area contributed by atoms with Crippen LogP contribution in [0.1, 0.15) is 6.42 Å². The fraction of sp³-hybridized carbons (Fsp3) is 0.333. The summed E-state index contributed by atoms with van der Waals surface area (Å²) in [5.41, 5.74) is 0.742. The van der Waals surface area contributed by atoms with Crippen molar-refractivity contribution in [3.63, 3.8) is 0 Å². The molecule has 2 heterocycles. The summed E-state index contributed by atoms with van der Waals surface area (Å²) in [4.78, 5) is 13.6. The molecular formula is C12H13N5O2S. The molecule has 0 radical (unpaired) electrons. The predicted molar refractivity (Wildman–Crippen MR) is 72.7 cm³/mol. The third kappa shape index (κ3) is 2.60. The Morgan fingerprint density at radius 1 is 1.30 bits per heavy atom. The van der Waals surface area contributed by atoms with Crippen LogP contribution in [0, 0.1) is 0 Å². The summed E-state index contributed by atoms with van der Waals surface area (Å²) in [6.07, 6.45) is 1.08. The molecule has 1 amide bonds. The third-order valence-corrected chi connectivity index (χ3v) is 3.97. The number of benzene rings is 1. The second kappa shape index (κ2) is 5.49. The third-order valence-electron chi connectivity index (χ3n) is 3.07. The molecule has 104 valence electrons. The number of carbonyl (C=O) groups is 1. The van der Waals surface area contributed by atoms with Crippen molar-refractivity contribution in [1.29, 1.82) is 0 Å². The van der Waals surface area contributed by atoms with Crippen LogP contribution in [-0.4, -0.2) is 55.0 Å². The van der Waals surface area contributed by atoms with Crippen molar-refractivity contribution in [1.82, 2.24) is 25.1 Å². The molecule has 1 saturated heterocycles. The first-order chi connectivity index (χ1) is 9.74. The number of hydrogen-bond acceptors (Lipinski definition) is 6. The summed E-state index contributed by atoms with van der Waals surface area (Å²) >= 11 is 1.31. The van der Waals surface area contributed by atoms with E-state index in [4.69, 9.17) is 0 Å². The number of thioether (sulfide) groups is 1. The summed E-state index contributed by atoms with van der Waals surface area (Å²) in [5.74, 6) is 0.629. The van der Waals surface area contributed by atoms with E-state index < -0.39 is 0 Å². The number of tetrazole rings is 1. The zero-order valence-electron chi connectivity index (χ0n) is 10.6. The van der Waals surface area contributed by atoms with Crippen LogP contribution in [0.4, 0.5) is 0 Å². The lowest BCUT2D eigenvalue weighted by Gasteiger charge is -2.30. The van der Waals surface area contributed by atoms with Gasteiger partial charge in [0.25, 0.3) is 0 Å². The highest BCUT2D eigenvalue weighted by Gasteiger charge is 2.21. The van der Waals surface area contributed by atoms with E-state index in [9.17, 15) is 9.90 Å². The summed E-state index contributed by atoms with van der Waals surface area (Å²) in [7, 11) is 0. The lowest BCUT2D eigenvalue weighted by molar-refractivity contribution is -0.131. The van der Waals surface area contributed by atoms with E-state index in [1.165, 1.54) is 11.8 Å². The molecule has 7 nitrogen and oxygen atoms in total. The molecule has 1 N–H and O–H groups in total. The van der Waals surface area contributed by atoms with E-state index in [-0.39, 0.29) is 11.7 Å². The minimum atomic E-state index is 0.113. The molecule has 1 aliphatic rings. The van der Waals surface area contributed by atoms with Crippen LogP contribution < -0.4 is 0 Å². The second-order valence-corrected chi connectivity index (χ2v) is 5.36. The van der Waals surface area contributed by atoms with Gasteiger partial charge in [-0.15, -0.1) is 5.10 Å². The van der Waals surface area contributed by atoms with Gasteiger partial charge in [0.2, 0.25) is 11.1 Å². The van der Waals surface area contributed by atoms with Gasteiger partial charge < -0.3 is 10.0 Å². The molecule has 2 aromatic rings. The first-order valence-corrected chi connectivity index (χ1v) is 7.21. The monoisotopic (exact) mass is 291 g/mol. The van der Waals surface area contributed by atoms with Crippen molar-refractivity contribution >= 4 is 17.7 Å². The van der Waals surface area contributed by atoms with Crippen LogP contribution in [0.25, 0.3) is 5.69 Å². The number of aromatic hydroxyl groups is 1. The predicted octanol–water partition coefficient (Wildman–Crippen LogP) is 0.692. The fourth-order valence-electron chi connectivity index (χ4n) is 1.81. The topological polar surface area (TPSA) is 84.1 Å². The maximum Gasteiger partial charge on any atom is 0.233 e. The van der Waals surface area contributed by atoms with Crippen LogP contribution in [-0.2, 0) is 4.79 Å². The minimum absolute atomic E-state index is 0.113. The molecular weight excluding hydrogens is 278 g/mol.